The number of hydrogen-bond donors (Lipinski definition) is 0. The average Bonchev–Trinajstić information content (AvgIpc) is 3.11. The molecule has 1 aromatic carbocycles. The van der Waals surface area contributed by atoms with Gasteiger partial charge in [-0.2, -0.15) is 4.31 Å². The molecule has 0 bridgehead atoms. The largest absolute Gasteiger partial charge is 0.419 e. The molecular formula is C15H19N3O4S. The first-order valence-electron chi connectivity index (χ1n) is 7.80. The van der Waals surface area contributed by atoms with E-state index in [1.54, 1.807) is 23.5 Å². The smallest absolute Gasteiger partial charge is 0.408 e. The maximum Gasteiger partial charge on any atom is 0.419 e. The van der Waals surface area contributed by atoms with Crippen LogP contribution in [0.1, 0.15) is 12.8 Å². The lowest BCUT2D eigenvalue weighted by Gasteiger charge is -2.36. The van der Waals surface area contributed by atoms with Gasteiger partial charge in [-0.15, -0.1) is 0 Å². The molecule has 0 spiro atoms. The summed E-state index contributed by atoms with van der Waals surface area (Å²) in [5.74, 6) is -0.492. The topological polar surface area (TPSA) is 75.8 Å². The van der Waals surface area contributed by atoms with Crippen molar-refractivity contribution >= 4 is 21.1 Å². The molecule has 124 valence electrons. The number of fused-ring (bicyclic) bond motifs is 2. The Morgan fingerprint density at radius 3 is 2.87 bits per heavy atom. The van der Waals surface area contributed by atoms with Gasteiger partial charge in [-0.3, -0.25) is 9.47 Å². The van der Waals surface area contributed by atoms with Crippen molar-refractivity contribution < 1.29 is 12.8 Å². The van der Waals surface area contributed by atoms with Gasteiger partial charge in [0.25, 0.3) is 0 Å². The number of sulfonamides is 1. The van der Waals surface area contributed by atoms with Crippen LogP contribution in [0.25, 0.3) is 11.1 Å². The van der Waals surface area contributed by atoms with Gasteiger partial charge in [-0.25, -0.2) is 13.2 Å². The molecule has 1 atom stereocenters. The van der Waals surface area contributed by atoms with Gasteiger partial charge in [0.05, 0.1) is 10.4 Å². The molecule has 0 saturated carbocycles. The first-order valence-corrected chi connectivity index (χ1v) is 9.24. The minimum atomic E-state index is -3.56. The second-order valence-corrected chi connectivity index (χ2v) is 8.19. The number of oxazole rings is 1. The van der Waals surface area contributed by atoms with Crippen LogP contribution in [0.5, 0.6) is 0 Å². The van der Waals surface area contributed by atoms with Gasteiger partial charge in [0.15, 0.2) is 5.58 Å². The number of piperazine rings is 1. The Kier molecular flexibility index (Phi) is 3.36. The Morgan fingerprint density at radius 2 is 2.04 bits per heavy atom. The number of benzene rings is 1. The highest BCUT2D eigenvalue weighted by Gasteiger charge is 2.36. The SMILES string of the molecule is Cn1c(=O)oc2cc(S(=O)(=O)N3CCN4CCC[C@@H]4C3)ccc21. The Balaban J connectivity index is 1.69. The van der Waals surface area contributed by atoms with Gasteiger partial charge >= 0.3 is 5.76 Å². The molecule has 0 aliphatic carbocycles. The van der Waals surface area contributed by atoms with E-state index in [0.29, 0.717) is 30.2 Å². The van der Waals surface area contributed by atoms with E-state index in [1.165, 1.54) is 10.6 Å². The maximum atomic E-state index is 12.9. The predicted octanol–water partition coefficient (Wildman–Crippen LogP) is 0.600. The molecule has 2 aromatic rings. The summed E-state index contributed by atoms with van der Waals surface area (Å²) in [4.78, 5) is 14.1. The third kappa shape index (κ3) is 2.32. The highest BCUT2D eigenvalue weighted by molar-refractivity contribution is 7.89. The van der Waals surface area contributed by atoms with E-state index in [-0.39, 0.29) is 4.90 Å². The van der Waals surface area contributed by atoms with Gasteiger partial charge in [0, 0.05) is 38.8 Å². The van der Waals surface area contributed by atoms with Gasteiger partial charge in [-0.1, -0.05) is 0 Å². The summed E-state index contributed by atoms with van der Waals surface area (Å²) < 4.78 is 33.8. The fraction of sp³-hybridized carbons (Fsp3) is 0.533. The molecule has 2 saturated heterocycles. The number of aryl methyl sites for hydroxylation is 1. The first kappa shape index (κ1) is 14.9. The monoisotopic (exact) mass is 337 g/mol. The Hall–Kier alpha value is -1.64. The third-order valence-electron chi connectivity index (χ3n) is 4.95. The molecule has 2 aliphatic rings. The Bertz CT molecular complexity index is 914. The minimum absolute atomic E-state index is 0.186. The summed E-state index contributed by atoms with van der Waals surface area (Å²) in [6, 6.07) is 4.96. The highest BCUT2D eigenvalue weighted by atomic mass is 32.2. The molecule has 0 radical (unpaired) electrons. The molecule has 7 nitrogen and oxygen atoms in total. The average molecular weight is 337 g/mol. The lowest BCUT2D eigenvalue weighted by atomic mass is 10.2. The lowest BCUT2D eigenvalue weighted by Crippen LogP contribution is -2.51. The van der Waals surface area contributed by atoms with Gasteiger partial charge in [0.2, 0.25) is 10.0 Å². The lowest BCUT2D eigenvalue weighted by molar-refractivity contribution is 0.158. The van der Waals surface area contributed by atoms with Crippen LogP contribution in [-0.4, -0.2) is 54.4 Å². The molecule has 23 heavy (non-hydrogen) atoms. The van der Waals surface area contributed by atoms with Crippen LogP contribution in [0.4, 0.5) is 0 Å². The van der Waals surface area contributed by atoms with Crippen molar-refractivity contribution in [3.8, 4) is 0 Å². The van der Waals surface area contributed by atoms with Crippen LogP contribution in [0, 0.1) is 0 Å². The molecule has 4 rings (SSSR count). The minimum Gasteiger partial charge on any atom is -0.408 e. The van der Waals surface area contributed by atoms with Crippen LogP contribution in [-0.2, 0) is 17.1 Å². The number of nitrogens with zero attached hydrogens (tertiary/aromatic N) is 3. The highest BCUT2D eigenvalue weighted by Crippen LogP contribution is 2.27. The van der Waals surface area contributed by atoms with E-state index in [1.807, 2.05) is 0 Å². The number of hydrogen-bond acceptors (Lipinski definition) is 5. The van der Waals surface area contributed by atoms with Gasteiger partial charge in [-0.05, 0) is 31.5 Å². The quantitative estimate of drug-likeness (QED) is 0.802. The molecule has 0 unspecified atom stereocenters. The van der Waals surface area contributed by atoms with Crippen molar-refractivity contribution in [2.75, 3.05) is 26.2 Å². The van der Waals surface area contributed by atoms with Crippen molar-refractivity contribution in [3.63, 3.8) is 0 Å². The van der Waals surface area contributed by atoms with Crippen LogP contribution in [0.15, 0.2) is 32.3 Å². The van der Waals surface area contributed by atoms with Crippen LogP contribution < -0.4 is 5.76 Å². The van der Waals surface area contributed by atoms with Crippen molar-refractivity contribution in [1.82, 2.24) is 13.8 Å². The standard InChI is InChI=1S/C15H19N3O4S/c1-16-13-5-4-12(9-14(13)22-15(16)19)23(20,21)18-8-7-17-6-2-3-11(17)10-18/h4-5,9,11H,2-3,6-8,10H2,1H3/t11-/m1/s1. The van der Waals surface area contributed by atoms with E-state index in [0.717, 1.165) is 25.9 Å². The zero-order valence-electron chi connectivity index (χ0n) is 12.9. The zero-order valence-corrected chi connectivity index (χ0v) is 13.8. The fourth-order valence-electron chi connectivity index (χ4n) is 3.60. The van der Waals surface area contributed by atoms with Crippen LogP contribution in [0.3, 0.4) is 0 Å². The van der Waals surface area contributed by atoms with Gasteiger partial charge in [0.1, 0.15) is 0 Å². The Labute approximate surface area is 134 Å². The summed E-state index contributed by atoms with van der Waals surface area (Å²) in [5.41, 5.74) is 0.896. The summed E-state index contributed by atoms with van der Waals surface area (Å²) in [5, 5.41) is 0. The fourth-order valence-corrected chi connectivity index (χ4v) is 5.09. The van der Waals surface area contributed by atoms with Crippen molar-refractivity contribution in [1.29, 1.82) is 0 Å². The molecular weight excluding hydrogens is 318 g/mol. The number of rotatable bonds is 2. The normalized spacial score (nSPS) is 23.4. The molecule has 0 N–H and O–H groups in total. The van der Waals surface area contributed by atoms with Crippen LogP contribution in [0.2, 0.25) is 0 Å². The first-order chi connectivity index (χ1) is 11.0. The van der Waals surface area contributed by atoms with E-state index in [4.69, 9.17) is 4.42 Å². The molecule has 2 fully saturated rings. The third-order valence-corrected chi connectivity index (χ3v) is 6.81. The summed E-state index contributed by atoms with van der Waals surface area (Å²) in [6.07, 6.45) is 2.19. The van der Waals surface area contributed by atoms with Crippen LogP contribution >= 0.6 is 0 Å². The van der Waals surface area contributed by atoms with Crippen molar-refractivity contribution in [2.24, 2.45) is 7.05 Å². The predicted molar refractivity (Wildman–Crippen MR) is 84.8 cm³/mol. The molecule has 2 aliphatic heterocycles. The molecule has 0 amide bonds. The molecule has 1 aromatic heterocycles. The zero-order chi connectivity index (χ0) is 16.2. The van der Waals surface area contributed by atoms with E-state index < -0.39 is 15.8 Å². The van der Waals surface area contributed by atoms with E-state index in [2.05, 4.69) is 4.90 Å². The number of aromatic nitrogens is 1. The molecule has 8 heteroatoms. The second-order valence-electron chi connectivity index (χ2n) is 6.25. The summed E-state index contributed by atoms with van der Waals surface area (Å²) in [6.45, 7) is 2.90. The summed E-state index contributed by atoms with van der Waals surface area (Å²) in [7, 11) is -1.96. The Morgan fingerprint density at radius 1 is 1.22 bits per heavy atom. The maximum absolute atomic E-state index is 12.9. The van der Waals surface area contributed by atoms with Gasteiger partial charge < -0.3 is 4.42 Å². The van der Waals surface area contributed by atoms with E-state index >= 15 is 0 Å². The summed E-state index contributed by atoms with van der Waals surface area (Å²) >= 11 is 0. The second kappa shape index (κ2) is 5.19. The molecule has 3 heterocycles. The van der Waals surface area contributed by atoms with Crippen molar-refractivity contribution in [3.05, 3.63) is 28.7 Å². The van der Waals surface area contributed by atoms with Crippen molar-refractivity contribution in [2.45, 2.75) is 23.8 Å². The van der Waals surface area contributed by atoms with E-state index in [9.17, 15) is 13.2 Å².